The van der Waals surface area contributed by atoms with Crippen LogP contribution >= 0.6 is 11.3 Å². The molecule has 0 spiro atoms. The molecular formula is C35H40N4O4S. The second-order valence-corrected chi connectivity index (χ2v) is 11.4. The van der Waals surface area contributed by atoms with E-state index in [0.29, 0.717) is 18.3 Å². The van der Waals surface area contributed by atoms with Gasteiger partial charge in [-0.2, -0.15) is 0 Å². The number of aldehydes is 1. The van der Waals surface area contributed by atoms with Crippen LogP contribution in [0.1, 0.15) is 56.6 Å². The Bertz CT molecular complexity index is 1480. The predicted octanol–water partition coefficient (Wildman–Crippen LogP) is 6.90. The van der Waals surface area contributed by atoms with Crippen LogP contribution in [0.2, 0.25) is 0 Å². The zero-order valence-corrected chi connectivity index (χ0v) is 25.7. The molecule has 4 aromatic rings. The van der Waals surface area contributed by atoms with Gasteiger partial charge < -0.3 is 20.5 Å². The number of rotatable bonds is 14. The van der Waals surface area contributed by atoms with Gasteiger partial charge in [0.1, 0.15) is 6.10 Å². The van der Waals surface area contributed by atoms with Gasteiger partial charge in [-0.05, 0) is 55.0 Å². The summed E-state index contributed by atoms with van der Waals surface area (Å²) in [6.45, 7) is 0. The Morgan fingerprint density at radius 1 is 0.909 bits per heavy atom. The minimum Gasteiger partial charge on any atom is -0.381 e. The number of aliphatic hydroxyl groups excluding tert-OH is 1. The van der Waals surface area contributed by atoms with Crippen molar-refractivity contribution in [2.24, 2.45) is 0 Å². The molecule has 1 fully saturated rings. The van der Waals surface area contributed by atoms with Gasteiger partial charge in [-0.15, -0.1) is 11.3 Å². The van der Waals surface area contributed by atoms with Crippen LogP contribution in [0.3, 0.4) is 0 Å². The number of carbonyl (C=O) groups excluding carboxylic acids is 2. The van der Waals surface area contributed by atoms with E-state index in [0.717, 1.165) is 66.0 Å². The first-order valence-electron chi connectivity index (χ1n) is 14.9. The van der Waals surface area contributed by atoms with Gasteiger partial charge in [-0.1, -0.05) is 97.8 Å². The molecule has 0 bridgehead atoms. The SMILES string of the molecule is CN[C@@H](CCCCCC(=O)NO)C(Nc1nc(-c2ccccc2)cs1)=C1CC1.O=CC(O)c1ccc(-c2ccccc2)cc1. The number of allylic oxidation sites excluding steroid dienone is 1. The molecule has 230 valence electrons. The molecule has 1 unspecified atom stereocenters. The third-order valence-electron chi connectivity index (χ3n) is 7.40. The number of nitrogens with zero attached hydrogens (tertiary/aromatic N) is 1. The highest BCUT2D eigenvalue weighted by atomic mass is 32.1. The van der Waals surface area contributed by atoms with Gasteiger partial charge in [-0.25, -0.2) is 10.5 Å². The van der Waals surface area contributed by atoms with E-state index < -0.39 is 6.10 Å². The third-order valence-corrected chi connectivity index (χ3v) is 8.16. The van der Waals surface area contributed by atoms with Crippen molar-refractivity contribution in [3.05, 3.63) is 107 Å². The first kappa shape index (κ1) is 32.8. The van der Waals surface area contributed by atoms with E-state index in [1.807, 2.05) is 67.7 Å². The molecular weight excluding hydrogens is 572 g/mol. The van der Waals surface area contributed by atoms with Crippen molar-refractivity contribution in [2.45, 2.75) is 57.1 Å². The number of aliphatic hydroxyl groups is 1. The van der Waals surface area contributed by atoms with Gasteiger partial charge in [0.2, 0.25) is 5.91 Å². The van der Waals surface area contributed by atoms with E-state index in [4.69, 9.17) is 10.2 Å². The van der Waals surface area contributed by atoms with Crippen molar-refractivity contribution in [1.29, 1.82) is 0 Å². The summed E-state index contributed by atoms with van der Waals surface area (Å²) in [5.74, 6) is -0.314. The van der Waals surface area contributed by atoms with E-state index in [1.54, 1.807) is 28.9 Å². The lowest BCUT2D eigenvalue weighted by Crippen LogP contribution is -2.31. The molecule has 2 atom stereocenters. The summed E-state index contributed by atoms with van der Waals surface area (Å²) < 4.78 is 0. The average Bonchev–Trinajstić information content (AvgIpc) is 3.83. The number of carbonyl (C=O) groups is 2. The zero-order valence-electron chi connectivity index (χ0n) is 24.9. The fourth-order valence-corrected chi connectivity index (χ4v) is 5.56. The molecule has 1 amide bonds. The fourth-order valence-electron chi connectivity index (χ4n) is 4.82. The van der Waals surface area contributed by atoms with Crippen LogP contribution in [-0.4, -0.2) is 40.6 Å². The lowest BCUT2D eigenvalue weighted by molar-refractivity contribution is -0.129. The molecule has 9 heteroatoms. The quantitative estimate of drug-likeness (QED) is 0.0454. The maximum atomic E-state index is 11.1. The number of hydroxylamine groups is 1. The van der Waals surface area contributed by atoms with E-state index in [1.165, 1.54) is 11.3 Å². The van der Waals surface area contributed by atoms with Crippen molar-refractivity contribution >= 4 is 28.7 Å². The first-order valence-corrected chi connectivity index (χ1v) is 15.8. The Morgan fingerprint density at radius 3 is 2.14 bits per heavy atom. The molecule has 1 saturated carbocycles. The zero-order chi connectivity index (χ0) is 31.1. The highest BCUT2D eigenvalue weighted by Crippen LogP contribution is 2.36. The maximum absolute atomic E-state index is 11.1. The molecule has 1 heterocycles. The Morgan fingerprint density at radius 2 is 1.55 bits per heavy atom. The topological polar surface area (TPSA) is 124 Å². The van der Waals surface area contributed by atoms with Crippen LogP contribution in [0.25, 0.3) is 22.4 Å². The number of aromatic nitrogens is 1. The van der Waals surface area contributed by atoms with Crippen LogP contribution in [0, 0.1) is 0 Å². The summed E-state index contributed by atoms with van der Waals surface area (Å²) in [4.78, 5) is 26.3. The number of nitrogens with one attached hydrogen (secondary N) is 3. The lowest BCUT2D eigenvalue weighted by atomic mass is 10.0. The van der Waals surface area contributed by atoms with Crippen LogP contribution < -0.4 is 16.1 Å². The summed E-state index contributed by atoms with van der Waals surface area (Å²) in [6, 6.07) is 27.8. The molecule has 1 aliphatic rings. The van der Waals surface area contributed by atoms with Crippen LogP contribution in [0.5, 0.6) is 0 Å². The molecule has 1 aliphatic carbocycles. The summed E-state index contributed by atoms with van der Waals surface area (Å²) >= 11 is 1.63. The Hall–Kier alpha value is -4.15. The van der Waals surface area contributed by atoms with E-state index in [-0.39, 0.29) is 11.9 Å². The number of likely N-dealkylation sites (N-methyl/N-ethyl adjacent to an activating group) is 1. The normalized spacial score (nSPS) is 13.2. The summed E-state index contributed by atoms with van der Waals surface area (Å²) in [5, 5.41) is 27.9. The highest BCUT2D eigenvalue weighted by molar-refractivity contribution is 7.14. The van der Waals surface area contributed by atoms with Gasteiger partial charge in [0.25, 0.3) is 0 Å². The van der Waals surface area contributed by atoms with Crippen LogP contribution in [0.4, 0.5) is 5.13 Å². The highest BCUT2D eigenvalue weighted by Gasteiger charge is 2.24. The predicted molar refractivity (Wildman–Crippen MR) is 176 cm³/mol. The van der Waals surface area contributed by atoms with E-state index >= 15 is 0 Å². The van der Waals surface area contributed by atoms with Gasteiger partial charge in [0.15, 0.2) is 11.4 Å². The molecule has 8 nitrogen and oxygen atoms in total. The summed E-state index contributed by atoms with van der Waals surface area (Å²) in [7, 11) is 1.99. The molecule has 3 aromatic carbocycles. The summed E-state index contributed by atoms with van der Waals surface area (Å²) in [6.07, 6.45) is 5.94. The van der Waals surface area contributed by atoms with Crippen LogP contribution in [-0.2, 0) is 9.59 Å². The number of amides is 1. The molecule has 5 rings (SSSR count). The third kappa shape index (κ3) is 9.96. The maximum Gasteiger partial charge on any atom is 0.243 e. The fraction of sp³-hybridized carbons (Fsp3) is 0.286. The minimum absolute atomic E-state index is 0.258. The smallest absolute Gasteiger partial charge is 0.243 e. The number of unbranched alkanes of at least 4 members (excludes halogenated alkanes) is 2. The Kier molecular flexibility index (Phi) is 12.8. The molecule has 5 N–H and O–H groups in total. The molecule has 1 aromatic heterocycles. The number of benzene rings is 3. The standard InChI is InChI=1S/C21H28N4O2S.C14H12O2/c1-22-17(10-6-3-7-11-19(26)25-27)20(16-12-13-16)24-21-23-18(14-28-21)15-8-4-2-5-9-15;15-10-14(16)13-8-6-12(7-9-13)11-4-2-1-3-5-11/h2,4-5,8-9,14,17,22,27H,3,6-7,10-13H2,1H3,(H,23,24)(H,25,26);1-10,14,16H/t17-;/m0./s1. The molecule has 0 aliphatic heterocycles. The van der Waals surface area contributed by atoms with Crippen molar-refractivity contribution in [3.8, 4) is 22.4 Å². The van der Waals surface area contributed by atoms with Gasteiger partial charge >= 0.3 is 0 Å². The van der Waals surface area contributed by atoms with Crippen molar-refractivity contribution in [3.63, 3.8) is 0 Å². The Labute approximate surface area is 262 Å². The number of thiazole rings is 1. The molecule has 0 saturated heterocycles. The van der Waals surface area contributed by atoms with Crippen molar-refractivity contribution < 1.29 is 19.9 Å². The van der Waals surface area contributed by atoms with Crippen molar-refractivity contribution in [2.75, 3.05) is 12.4 Å². The second kappa shape index (κ2) is 17.2. The van der Waals surface area contributed by atoms with Gasteiger partial charge in [0, 0.05) is 29.1 Å². The number of anilines is 1. The van der Waals surface area contributed by atoms with Gasteiger partial charge in [-0.3, -0.25) is 10.0 Å². The monoisotopic (exact) mass is 612 g/mol. The molecule has 0 radical (unpaired) electrons. The first-order chi connectivity index (χ1) is 21.5. The van der Waals surface area contributed by atoms with Gasteiger partial charge in [0.05, 0.1) is 5.69 Å². The number of hydrogen-bond donors (Lipinski definition) is 5. The van der Waals surface area contributed by atoms with Crippen LogP contribution in [0.15, 0.2) is 102 Å². The van der Waals surface area contributed by atoms with Crippen molar-refractivity contribution in [1.82, 2.24) is 15.8 Å². The largest absolute Gasteiger partial charge is 0.381 e. The van der Waals surface area contributed by atoms with E-state index in [9.17, 15) is 14.7 Å². The Balaban J connectivity index is 0.000000233. The second-order valence-electron chi connectivity index (χ2n) is 10.6. The minimum atomic E-state index is -1.02. The lowest BCUT2D eigenvalue weighted by Gasteiger charge is -2.20. The molecule has 44 heavy (non-hydrogen) atoms. The van der Waals surface area contributed by atoms with E-state index in [2.05, 4.69) is 28.1 Å². The number of hydrogen-bond acceptors (Lipinski definition) is 8. The average molecular weight is 613 g/mol. The summed E-state index contributed by atoms with van der Waals surface area (Å²) in [5.41, 5.74) is 9.34.